The van der Waals surface area contributed by atoms with E-state index >= 15 is 0 Å². The molecule has 2 aromatic carbocycles. The van der Waals surface area contributed by atoms with Gasteiger partial charge in [-0.15, -0.1) is 0 Å². The monoisotopic (exact) mass is 595 g/mol. The highest BCUT2D eigenvalue weighted by atomic mass is 16.7. The first-order chi connectivity index (χ1) is 20.6. The summed E-state index contributed by atoms with van der Waals surface area (Å²) in [4.78, 5) is 29.4. The number of piperazine rings is 1. The third kappa shape index (κ3) is 4.60. The number of esters is 1. The predicted octanol–water partition coefficient (Wildman–Crippen LogP) is 3.18. The van der Waals surface area contributed by atoms with Crippen molar-refractivity contribution >= 4 is 11.9 Å². The molecule has 11 heteroatoms. The second kappa shape index (κ2) is 11.2. The minimum Gasteiger partial charge on any atom is -0.504 e. The van der Waals surface area contributed by atoms with Crippen molar-refractivity contribution in [3.05, 3.63) is 39.4 Å². The van der Waals surface area contributed by atoms with Crippen molar-refractivity contribution in [2.24, 2.45) is 0 Å². The summed E-state index contributed by atoms with van der Waals surface area (Å²) in [6.07, 6.45) is 1.93. The number of nitrogens with zero attached hydrogens (tertiary/aromatic N) is 2. The molecule has 1 fully saturated rings. The molecule has 11 nitrogen and oxygen atoms in total. The topological polar surface area (TPSA) is 130 Å². The normalized spacial score (nSPS) is 25.7. The molecule has 0 radical (unpaired) electrons. The maximum absolute atomic E-state index is 12.8. The van der Waals surface area contributed by atoms with Gasteiger partial charge in [0, 0.05) is 54.2 Å². The summed E-state index contributed by atoms with van der Waals surface area (Å²) in [5.74, 6) is 1.45. The largest absolute Gasteiger partial charge is 0.504 e. The molecule has 5 atom stereocenters. The zero-order chi connectivity index (χ0) is 30.7. The number of carbonyl (C=O) groups excluding carboxylic acids is 2. The van der Waals surface area contributed by atoms with Crippen LogP contribution in [0.15, 0.2) is 6.07 Å². The number of amides is 1. The lowest BCUT2D eigenvalue weighted by molar-refractivity contribution is -0.167. The number of aliphatic hydroxyl groups is 1. The zero-order valence-corrected chi connectivity index (χ0v) is 25.7. The number of phenols is 1. The van der Waals surface area contributed by atoms with E-state index in [0.717, 1.165) is 27.8 Å². The van der Waals surface area contributed by atoms with Gasteiger partial charge in [-0.05, 0) is 57.7 Å². The average molecular weight is 596 g/mol. The van der Waals surface area contributed by atoms with Crippen molar-refractivity contribution in [2.75, 3.05) is 27.5 Å². The van der Waals surface area contributed by atoms with Crippen LogP contribution in [0, 0.1) is 13.8 Å². The minimum absolute atomic E-state index is 0.0153. The van der Waals surface area contributed by atoms with Gasteiger partial charge in [-0.3, -0.25) is 19.4 Å². The average Bonchev–Trinajstić information content (AvgIpc) is 3.41. The third-order valence-electron chi connectivity index (χ3n) is 9.59. The van der Waals surface area contributed by atoms with Crippen molar-refractivity contribution in [1.29, 1.82) is 0 Å². The lowest BCUT2D eigenvalue weighted by atomic mass is 9.77. The molecule has 1 unspecified atom stereocenters. The quantitative estimate of drug-likeness (QED) is 0.338. The van der Waals surface area contributed by atoms with Gasteiger partial charge in [0.05, 0.1) is 19.2 Å². The second-order valence-corrected chi connectivity index (χ2v) is 12.1. The van der Waals surface area contributed by atoms with Gasteiger partial charge in [0.15, 0.2) is 23.0 Å². The molecule has 43 heavy (non-hydrogen) atoms. The van der Waals surface area contributed by atoms with Crippen molar-refractivity contribution in [1.82, 2.24) is 15.1 Å². The SMILES string of the molecule is CCCC(=O)NC[C@H]1c2c(c(OC(C)=O)c(C)c3c2OCO3)CC2[C@H]3c4c(cc(C)c(OC)c4O)CC[C@@H]([C@H](O)N21)N3C. The number of hydrogen-bond acceptors (Lipinski definition) is 10. The Kier molecular flexibility index (Phi) is 7.68. The first kappa shape index (κ1) is 29.5. The van der Waals surface area contributed by atoms with Crippen LogP contribution in [0.1, 0.15) is 78.6 Å². The Morgan fingerprint density at radius 1 is 1.14 bits per heavy atom. The molecule has 4 aliphatic rings. The van der Waals surface area contributed by atoms with Crippen LogP contribution in [-0.2, 0) is 22.4 Å². The fourth-order valence-electron chi connectivity index (χ4n) is 7.87. The van der Waals surface area contributed by atoms with Crippen LogP contribution in [0.4, 0.5) is 0 Å². The van der Waals surface area contributed by atoms with Crippen molar-refractivity contribution in [3.8, 4) is 28.7 Å². The molecule has 4 heterocycles. The standard InChI is InChI=1S/C32H41N3O8/c1-7-8-23(37)33-13-22-25-19(29(43-17(4)36)16(3)30-31(25)42-14-41-30)12-21-26-24-18(11-15(2)28(40-6)27(24)38)9-10-20(34(26)5)32(39)35(21)22/h11,20-22,26,32,38-39H,7-10,12-14H2,1-6H3,(H,33,37)/t20-,21?,22-,26-,32-/m0/s1. The number of aliphatic hydroxyl groups excluding tert-OH is 1. The van der Waals surface area contributed by atoms with E-state index in [2.05, 4.69) is 21.2 Å². The number of likely N-dealkylation sites (N-methyl/N-ethyl adjacent to an activating group) is 1. The van der Waals surface area contributed by atoms with Gasteiger partial charge < -0.3 is 34.5 Å². The van der Waals surface area contributed by atoms with Crippen molar-refractivity contribution in [2.45, 2.75) is 90.2 Å². The lowest BCUT2D eigenvalue weighted by Gasteiger charge is -2.57. The number of rotatable bonds is 6. The van der Waals surface area contributed by atoms with Crippen LogP contribution in [0.5, 0.6) is 28.7 Å². The van der Waals surface area contributed by atoms with E-state index in [1.165, 1.54) is 6.92 Å². The van der Waals surface area contributed by atoms with Gasteiger partial charge in [-0.2, -0.15) is 0 Å². The smallest absolute Gasteiger partial charge is 0.308 e. The molecule has 1 amide bonds. The molecule has 6 rings (SSSR count). The van der Waals surface area contributed by atoms with Gasteiger partial charge in [0.2, 0.25) is 12.7 Å². The van der Waals surface area contributed by atoms with Crippen molar-refractivity contribution < 1.29 is 38.7 Å². The maximum Gasteiger partial charge on any atom is 0.308 e. The van der Waals surface area contributed by atoms with E-state index in [1.807, 2.05) is 27.8 Å². The summed E-state index contributed by atoms with van der Waals surface area (Å²) in [7, 11) is 3.54. The molecule has 0 saturated carbocycles. The van der Waals surface area contributed by atoms with E-state index in [9.17, 15) is 19.8 Å². The highest BCUT2D eigenvalue weighted by Crippen LogP contribution is 2.57. The number of carbonyl (C=O) groups is 2. The Balaban J connectivity index is 1.59. The first-order valence-electron chi connectivity index (χ1n) is 15.1. The van der Waals surface area contributed by atoms with Gasteiger partial charge >= 0.3 is 5.97 Å². The molecule has 232 valence electrons. The van der Waals surface area contributed by atoms with Crippen LogP contribution in [0.2, 0.25) is 0 Å². The molecule has 2 aromatic rings. The molecule has 0 aliphatic carbocycles. The molecular formula is C32H41N3O8. The molecule has 4 aliphatic heterocycles. The highest BCUT2D eigenvalue weighted by Gasteiger charge is 2.55. The maximum atomic E-state index is 12.8. The summed E-state index contributed by atoms with van der Waals surface area (Å²) in [6, 6.07) is 0.604. The van der Waals surface area contributed by atoms with Crippen LogP contribution in [0.3, 0.4) is 0 Å². The summed E-state index contributed by atoms with van der Waals surface area (Å²) < 4.78 is 23.4. The van der Waals surface area contributed by atoms with E-state index in [4.69, 9.17) is 18.9 Å². The molecular weight excluding hydrogens is 554 g/mol. The summed E-state index contributed by atoms with van der Waals surface area (Å²) in [5.41, 5.74) is 4.82. The number of nitrogens with one attached hydrogen (secondary N) is 1. The van der Waals surface area contributed by atoms with Crippen LogP contribution in [-0.4, -0.2) is 77.7 Å². The van der Waals surface area contributed by atoms with Gasteiger partial charge in [-0.1, -0.05) is 13.0 Å². The molecule has 3 N–H and O–H groups in total. The Morgan fingerprint density at radius 3 is 2.58 bits per heavy atom. The fraction of sp³-hybridized carbons (Fsp3) is 0.562. The van der Waals surface area contributed by atoms with Crippen molar-refractivity contribution in [3.63, 3.8) is 0 Å². The number of phenolic OH excluding ortho intramolecular Hbond substituents is 1. The molecule has 0 spiro atoms. The third-order valence-corrected chi connectivity index (χ3v) is 9.59. The summed E-state index contributed by atoms with van der Waals surface area (Å²) in [6.45, 7) is 7.30. The van der Waals surface area contributed by atoms with Crippen LogP contribution >= 0.6 is 0 Å². The Hall–Kier alpha value is -3.54. The highest BCUT2D eigenvalue weighted by molar-refractivity contribution is 5.76. The second-order valence-electron chi connectivity index (χ2n) is 12.1. The minimum atomic E-state index is -0.886. The number of aromatic hydroxyl groups is 1. The Morgan fingerprint density at radius 2 is 1.88 bits per heavy atom. The van der Waals surface area contributed by atoms with Gasteiger partial charge in [0.25, 0.3) is 0 Å². The number of fused-ring (bicyclic) bond motifs is 9. The van der Waals surface area contributed by atoms with E-state index in [1.54, 1.807) is 7.11 Å². The number of benzene rings is 2. The number of aryl methyl sites for hydroxylation is 2. The first-order valence-corrected chi connectivity index (χ1v) is 15.1. The number of ether oxygens (including phenoxy) is 4. The zero-order valence-electron chi connectivity index (χ0n) is 25.7. The van der Waals surface area contributed by atoms with E-state index in [0.29, 0.717) is 60.7 Å². The Bertz CT molecular complexity index is 1480. The number of hydrogen-bond donors (Lipinski definition) is 3. The van der Waals surface area contributed by atoms with E-state index < -0.39 is 18.2 Å². The lowest BCUT2D eigenvalue weighted by Crippen LogP contribution is -2.67. The van der Waals surface area contributed by atoms with Crippen LogP contribution < -0.4 is 24.3 Å². The van der Waals surface area contributed by atoms with Gasteiger partial charge in [-0.25, -0.2) is 0 Å². The molecule has 1 saturated heterocycles. The predicted molar refractivity (Wildman–Crippen MR) is 157 cm³/mol. The molecule has 0 aromatic heterocycles. The van der Waals surface area contributed by atoms with Crippen LogP contribution in [0.25, 0.3) is 0 Å². The number of methoxy groups -OCH3 is 1. The van der Waals surface area contributed by atoms with Gasteiger partial charge in [0.1, 0.15) is 12.0 Å². The molecule has 2 bridgehead atoms. The summed E-state index contributed by atoms with van der Waals surface area (Å²) >= 11 is 0. The Labute approximate surface area is 251 Å². The summed E-state index contributed by atoms with van der Waals surface area (Å²) in [5, 5.41) is 26.9. The van der Waals surface area contributed by atoms with E-state index in [-0.39, 0.29) is 43.1 Å². The fourth-order valence-corrected chi connectivity index (χ4v) is 7.87.